The number of carbonyl (C=O) groups is 1. The number of ether oxygens (including phenoxy) is 1. The summed E-state index contributed by atoms with van der Waals surface area (Å²) in [5, 5.41) is 3.16. The van der Waals surface area contributed by atoms with Gasteiger partial charge in [-0.25, -0.2) is 4.98 Å². The molecule has 1 fully saturated rings. The lowest BCUT2D eigenvalue weighted by atomic mass is 9.86. The standard InChI is InChI=1S/C16H25N3O2/c1-12(14-4-8-21-9-5-14)16(20)18-10-13-2-3-15-17-6-7-19(15)11-13/h6-7,12-14H,2-5,8-11H2,1H3,(H,18,20)/t12-,13-/m0/s1. The number of hydrogen-bond donors (Lipinski definition) is 1. The van der Waals surface area contributed by atoms with Crippen LogP contribution in [0.5, 0.6) is 0 Å². The number of fused-ring (bicyclic) bond motifs is 1. The van der Waals surface area contributed by atoms with Crippen LogP contribution in [0.25, 0.3) is 0 Å². The van der Waals surface area contributed by atoms with Crippen LogP contribution < -0.4 is 5.32 Å². The van der Waals surface area contributed by atoms with E-state index >= 15 is 0 Å². The topological polar surface area (TPSA) is 56.2 Å². The summed E-state index contributed by atoms with van der Waals surface area (Å²) in [7, 11) is 0. The molecule has 5 nitrogen and oxygen atoms in total. The van der Waals surface area contributed by atoms with Crippen LogP contribution in [0.15, 0.2) is 12.4 Å². The van der Waals surface area contributed by atoms with Crippen molar-refractivity contribution in [2.45, 2.75) is 39.2 Å². The van der Waals surface area contributed by atoms with Crippen molar-refractivity contribution >= 4 is 5.91 Å². The first-order valence-electron chi connectivity index (χ1n) is 8.09. The zero-order valence-corrected chi connectivity index (χ0v) is 12.8. The first-order valence-corrected chi connectivity index (χ1v) is 8.09. The Morgan fingerprint density at radius 2 is 2.29 bits per heavy atom. The summed E-state index contributed by atoms with van der Waals surface area (Å²) in [6.45, 7) is 5.41. The monoisotopic (exact) mass is 291 g/mol. The molecule has 1 aromatic rings. The third-order valence-electron chi connectivity index (χ3n) is 4.98. The fourth-order valence-electron chi connectivity index (χ4n) is 3.44. The van der Waals surface area contributed by atoms with E-state index in [1.807, 2.05) is 12.4 Å². The SMILES string of the molecule is C[C@H](C(=O)NC[C@@H]1CCc2nccn2C1)C1CCOCC1. The van der Waals surface area contributed by atoms with Gasteiger partial charge in [-0.05, 0) is 31.1 Å². The van der Waals surface area contributed by atoms with Crippen LogP contribution >= 0.6 is 0 Å². The molecule has 0 spiro atoms. The molecule has 2 aliphatic rings. The van der Waals surface area contributed by atoms with Crippen LogP contribution in [0.1, 0.15) is 32.0 Å². The minimum Gasteiger partial charge on any atom is -0.381 e. The first-order chi connectivity index (χ1) is 10.2. The molecule has 1 amide bonds. The third-order valence-corrected chi connectivity index (χ3v) is 4.98. The summed E-state index contributed by atoms with van der Waals surface area (Å²) in [6, 6.07) is 0. The number of nitrogens with zero attached hydrogens (tertiary/aromatic N) is 2. The van der Waals surface area contributed by atoms with Crippen molar-refractivity contribution in [3.8, 4) is 0 Å². The fourth-order valence-corrected chi connectivity index (χ4v) is 3.44. The summed E-state index contributed by atoms with van der Waals surface area (Å²) in [5.41, 5.74) is 0. The molecule has 0 radical (unpaired) electrons. The highest BCUT2D eigenvalue weighted by Crippen LogP contribution is 2.24. The molecule has 2 aliphatic heterocycles. The number of amides is 1. The molecule has 0 aromatic carbocycles. The number of aromatic nitrogens is 2. The van der Waals surface area contributed by atoms with E-state index in [-0.39, 0.29) is 11.8 Å². The fraction of sp³-hybridized carbons (Fsp3) is 0.750. The number of rotatable bonds is 4. The number of hydrogen-bond acceptors (Lipinski definition) is 3. The van der Waals surface area contributed by atoms with Crippen molar-refractivity contribution in [2.75, 3.05) is 19.8 Å². The number of carbonyl (C=O) groups excluding carboxylic acids is 1. The van der Waals surface area contributed by atoms with Crippen molar-refractivity contribution in [1.82, 2.24) is 14.9 Å². The Kier molecular flexibility index (Phi) is 4.58. The van der Waals surface area contributed by atoms with Gasteiger partial charge in [-0.3, -0.25) is 4.79 Å². The predicted octanol–water partition coefficient (Wildman–Crippen LogP) is 1.62. The molecule has 5 heteroatoms. The average Bonchev–Trinajstić information content (AvgIpc) is 3.00. The van der Waals surface area contributed by atoms with Crippen molar-refractivity contribution in [2.24, 2.45) is 17.8 Å². The quantitative estimate of drug-likeness (QED) is 0.917. The molecule has 1 saturated heterocycles. The van der Waals surface area contributed by atoms with E-state index in [9.17, 15) is 4.79 Å². The Balaban J connectivity index is 1.45. The number of aryl methyl sites for hydroxylation is 1. The van der Waals surface area contributed by atoms with Gasteiger partial charge < -0.3 is 14.6 Å². The minimum absolute atomic E-state index is 0.0984. The molecule has 116 valence electrons. The second-order valence-electron chi connectivity index (χ2n) is 6.38. The number of imidazole rings is 1. The summed E-state index contributed by atoms with van der Waals surface area (Å²) in [4.78, 5) is 16.6. The summed E-state index contributed by atoms with van der Waals surface area (Å²) >= 11 is 0. The van der Waals surface area contributed by atoms with Gasteiger partial charge in [0.05, 0.1) is 0 Å². The van der Waals surface area contributed by atoms with Crippen molar-refractivity contribution in [3.05, 3.63) is 18.2 Å². The van der Waals surface area contributed by atoms with Gasteiger partial charge in [0.25, 0.3) is 0 Å². The van der Waals surface area contributed by atoms with Crippen LogP contribution in [0.3, 0.4) is 0 Å². The predicted molar refractivity (Wildman–Crippen MR) is 79.8 cm³/mol. The molecule has 1 N–H and O–H groups in total. The molecule has 0 saturated carbocycles. The molecular weight excluding hydrogens is 266 g/mol. The molecule has 2 atom stereocenters. The van der Waals surface area contributed by atoms with Gasteiger partial charge in [0.2, 0.25) is 5.91 Å². The second kappa shape index (κ2) is 6.60. The second-order valence-corrected chi connectivity index (χ2v) is 6.38. The maximum Gasteiger partial charge on any atom is 0.223 e. The minimum atomic E-state index is 0.0984. The molecule has 21 heavy (non-hydrogen) atoms. The van der Waals surface area contributed by atoms with Gasteiger partial charge in [-0.15, -0.1) is 0 Å². The Bertz CT molecular complexity index is 480. The zero-order valence-electron chi connectivity index (χ0n) is 12.8. The molecule has 0 unspecified atom stereocenters. The zero-order chi connectivity index (χ0) is 14.7. The first kappa shape index (κ1) is 14.6. The van der Waals surface area contributed by atoms with E-state index in [1.165, 1.54) is 5.82 Å². The number of nitrogens with one attached hydrogen (secondary N) is 1. The van der Waals surface area contributed by atoms with Gasteiger partial charge in [-0.1, -0.05) is 6.92 Å². The van der Waals surface area contributed by atoms with Gasteiger partial charge in [0.15, 0.2) is 0 Å². The van der Waals surface area contributed by atoms with E-state index in [2.05, 4.69) is 21.8 Å². The Hall–Kier alpha value is -1.36. The lowest BCUT2D eigenvalue weighted by Crippen LogP contribution is -2.39. The molecule has 0 bridgehead atoms. The van der Waals surface area contributed by atoms with Crippen LogP contribution in [0, 0.1) is 17.8 Å². The van der Waals surface area contributed by atoms with E-state index in [4.69, 9.17) is 4.74 Å². The van der Waals surface area contributed by atoms with E-state index in [0.29, 0.717) is 11.8 Å². The average molecular weight is 291 g/mol. The highest BCUT2D eigenvalue weighted by atomic mass is 16.5. The lowest BCUT2D eigenvalue weighted by Gasteiger charge is -2.28. The van der Waals surface area contributed by atoms with Gasteiger partial charge in [-0.2, -0.15) is 0 Å². The van der Waals surface area contributed by atoms with Crippen molar-refractivity contribution in [1.29, 1.82) is 0 Å². The van der Waals surface area contributed by atoms with Gasteiger partial charge >= 0.3 is 0 Å². The summed E-state index contributed by atoms with van der Waals surface area (Å²) < 4.78 is 7.58. The normalized spacial score (nSPS) is 24.3. The highest BCUT2D eigenvalue weighted by molar-refractivity contribution is 5.78. The van der Waals surface area contributed by atoms with Crippen LogP contribution in [-0.2, 0) is 22.5 Å². The Morgan fingerprint density at radius 1 is 1.48 bits per heavy atom. The van der Waals surface area contributed by atoms with Gasteiger partial charge in [0.1, 0.15) is 5.82 Å². The van der Waals surface area contributed by atoms with Crippen molar-refractivity contribution < 1.29 is 9.53 Å². The third kappa shape index (κ3) is 3.46. The van der Waals surface area contributed by atoms with Crippen LogP contribution in [0.2, 0.25) is 0 Å². The van der Waals surface area contributed by atoms with Crippen LogP contribution in [0.4, 0.5) is 0 Å². The Labute approximate surface area is 126 Å². The highest BCUT2D eigenvalue weighted by Gasteiger charge is 2.27. The Morgan fingerprint density at radius 3 is 3.10 bits per heavy atom. The largest absolute Gasteiger partial charge is 0.381 e. The lowest BCUT2D eigenvalue weighted by molar-refractivity contribution is -0.127. The maximum absolute atomic E-state index is 12.3. The van der Waals surface area contributed by atoms with E-state index in [0.717, 1.165) is 52.0 Å². The smallest absolute Gasteiger partial charge is 0.223 e. The summed E-state index contributed by atoms with van der Waals surface area (Å²) in [6.07, 6.45) is 8.05. The molecule has 3 heterocycles. The van der Waals surface area contributed by atoms with E-state index in [1.54, 1.807) is 0 Å². The van der Waals surface area contributed by atoms with Gasteiger partial charge in [0, 0.05) is 51.0 Å². The van der Waals surface area contributed by atoms with Crippen LogP contribution in [-0.4, -0.2) is 35.2 Å². The van der Waals surface area contributed by atoms with Crippen molar-refractivity contribution in [3.63, 3.8) is 0 Å². The van der Waals surface area contributed by atoms with E-state index < -0.39 is 0 Å². The molecular formula is C16H25N3O2. The maximum atomic E-state index is 12.3. The molecule has 3 rings (SSSR count). The molecule has 1 aromatic heterocycles. The summed E-state index contributed by atoms with van der Waals surface area (Å²) in [5.74, 6) is 2.48. The molecule has 0 aliphatic carbocycles.